The molecule has 0 bridgehead atoms. The molecule has 6 heteroatoms. The third-order valence-electron chi connectivity index (χ3n) is 2.29. The molecule has 0 aliphatic carbocycles. The average molecular weight is 324 g/mol. The van der Waals surface area contributed by atoms with Gasteiger partial charge >= 0.3 is 0 Å². The molecule has 18 heavy (non-hydrogen) atoms. The fraction of sp³-hybridized carbons (Fsp3) is 0. The third kappa shape index (κ3) is 2.55. The maximum absolute atomic E-state index is 8.88. The summed E-state index contributed by atoms with van der Waals surface area (Å²) in [6, 6.07) is 8.93. The van der Waals surface area contributed by atoms with Crippen molar-refractivity contribution in [1.29, 1.82) is 5.26 Å². The molecule has 0 fully saturated rings. The number of halogens is 2. The third-order valence-corrected chi connectivity index (χ3v) is 3.51. The topological polar surface area (TPSA) is 74.7 Å². The minimum absolute atomic E-state index is 0.325. The lowest BCUT2D eigenvalue weighted by Crippen LogP contribution is -2.01. The Morgan fingerprint density at radius 1 is 1.39 bits per heavy atom. The van der Waals surface area contributed by atoms with Crippen molar-refractivity contribution in [1.82, 2.24) is 4.98 Å². The van der Waals surface area contributed by atoms with Crippen molar-refractivity contribution in [3.8, 4) is 6.07 Å². The van der Waals surface area contributed by atoms with Crippen LogP contribution in [-0.4, -0.2) is 4.98 Å². The molecule has 3 N–H and O–H groups in total. The average Bonchev–Trinajstić information content (AvgIpc) is 2.36. The van der Waals surface area contributed by atoms with Gasteiger partial charge in [0.2, 0.25) is 0 Å². The zero-order chi connectivity index (χ0) is 13.1. The molecule has 0 spiro atoms. The van der Waals surface area contributed by atoms with Gasteiger partial charge in [0, 0.05) is 16.4 Å². The molecular formula is C12H8BrClN4. The Morgan fingerprint density at radius 3 is 2.83 bits per heavy atom. The highest BCUT2D eigenvalue weighted by Gasteiger charge is 2.07. The van der Waals surface area contributed by atoms with Crippen LogP contribution in [0, 0.1) is 11.3 Å². The molecule has 0 saturated carbocycles. The van der Waals surface area contributed by atoms with E-state index < -0.39 is 0 Å². The number of anilines is 3. The maximum Gasteiger partial charge on any atom is 0.154 e. The van der Waals surface area contributed by atoms with Crippen molar-refractivity contribution in [3.63, 3.8) is 0 Å². The summed E-state index contributed by atoms with van der Waals surface area (Å²) >= 11 is 9.23. The van der Waals surface area contributed by atoms with Crippen LogP contribution < -0.4 is 11.1 Å². The van der Waals surface area contributed by atoms with Gasteiger partial charge in [0.25, 0.3) is 0 Å². The summed E-state index contributed by atoms with van der Waals surface area (Å²) in [6.07, 6.45) is 1.53. The number of nitrogens with zero attached hydrogens (tertiary/aromatic N) is 2. The van der Waals surface area contributed by atoms with E-state index >= 15 is 0 Å². The van der Waals surface area contributed by atoms with Crippen LogP contribution in [-0.2, 0) is 0 Å². The molecule has 0 radical (unpaired) electrons. The Labute approximate surface area is 118 Å². The number of hydrogen-bond acceptors (Lipinski definition) is 4. The van der Waals surface area contributed by atoms with Crippen LogP contribution in [0.25, 0.3) is 0 Å². The zero-order valence-corrected chi connectivity index (χ0v) is 11.5. The minimum atomic E-state index is 0.325. The fourth-order valence-corrected chi connectivity index (χ4v) is 1.88. The zero-order valence-electron chi connectivity index (χ0n) is 9.11. The number of benzene rings is 1. The Kier molecular flexibility index (Phi) is 3.70. The molecule has 0 aliphatic heterocycles. The van der Waals surface area contributed by atoms with E-state index in [1.54, 1.807) is 18.2 Å². The van der Waals surface area contributed by atoms with Crippen LogP contribution in [0.5, 0.6) is 0 Å². The molecule has 0 saturated heterocycles. The van der Waals surface area contributed by atoms with E-state index in [2.05, 4.69) is 26.2 Å². The second-order valence-electron chi connectivity index (χ2n) is 3.49. The lowest BCUT2D eigenvalue weighted by Gasteiger charge is -2.09. The van der Waals surface area contributed by atoms with Gasteiger partial charge in [-0.05, 0) is 40.2 Å². The summed E-state index contributed by atoms with van der Waals surface area (Å²) in [6.45, 7) is 0. The smallest absolute Gasteiger partial charge is 0.154 e. The van der Waals surface area contributed by atoms with Gasteiger partial charge < -0.3 is 11.1 Å². The number of nitrogen functional groups attached to an aromatic ring is 1. The highest BCUT2D eigenvalue weighted by atomic mass is 79.9. The standard InChI is InChI=1S/C12H8BrClN4/c13-9-5-8(1-2-10(9)14)18-12-11(16)7(6-15)3-4-17-12/h1-5H,16H2,(H,17,18). The van der Waals surface area contributed by atoms with E-state index in [0.717, 1.165) is 10.2 Å². The number of rotatable bonds is 2. The quantitative estimate of drug-likeness (QED) is 0.883. The van der Waals surface area contributed by atoms with Crippen molar-refractivity contribution in [2.75, 3.05) is 11.1 Å². The van der Waals surface area contributed by atoms with E-state index in [1.807, 2.05) is 12.1 Å². The molecule has 1 aromatic carbocycles. The van der Waals surface area contributed by atoms with Gasteiger partial charge in [-0.2, -0.15) is 5.26 Å². The molecule has 2 aromatic rings. The largest absolute Gasteiger partial charge is 0.395 e. The van der Waals surface area contributed by atoms with Gasteiger partial charge in [0.15, 0.2) is 5.82 Å². The molecule has 2 rings (SSSR count). The van der Waals surface area contributed by atoms with Gasteiger partial charge in [-0.3, -0.25) is 0 Å². The van der Waals surface area contributed by atoms with E-state index in [1.165, 1.54) is 6.20 Å². The monoisotopic (exact) mass is 322 g/mol. The van der Waals surface area contributed by atoms with E-state index in [4.69, 9.17) is 22.6 Å². The predicted octanol–water partition coefficient (Wildman–Crippen LogP) is 3.69. The Morgan fingerprint density at radius 2 is 2.17 bits per heavy atom. The van der Waals surface area contributed by atoms with Crippen LogP contribution in [0.2, 0.25) is 5.02 Å². The molecule has 90 valence electrons. The van der Waals surface area contributed by atoms with Crippen molar-refractivity contribution < 1.29 is 0 Å². The normalized spacial score (nSPS) is 9.83. The minimum Gasteiger partial charge on any atom is -0.395 e. The number of aromatic nitrogens is 1. The number of nitriles is 1. The Hall–Kier alpha value is -1.77. The summed E-state index contributed by atoms with van der Waals surface area (Å²) in [5.74, 6) is 0.447. The first-order valence-corrected chi connectivity index (χ1v) is 6.15. The number of nitrogens with two attached hydrogens (primary N) is 1. The molecular weight excluding hydrogens is 316 g/mol. The van der Waals surface area contributed by atoms with Crippen molar-refractivity contribution in [3.05, 3.63) is 45.5 Å². The molecule has 1 aromatic heterocycles. The van der Waals surface area contributed by atoms with Crippen molar-refractivity contribution in [2.45, 2.75) is 0 Å². The lowest BCUT2D eigenvalue weighted by molar-refractivity contribution is 1.30. The highest BCUT2D eigenvalue weighted by molar-refractivity contribution is 9.10. The molecule has 4 nitrogen and oxygen atoms in total. The molecule has 0 unspecified atom stereocenters. The van der Waals surface area contributed by atoms with Crippen molar-refractivity contribution in [2.24, 2.45) is 0 Å². The first-order chi connectivity index (χ1) is 8.61. The first kappa shape index (κ1) is 12.7. The van der Waals surface area contributed by atoms with Crippen LogP contribution in [0.4, 0.5) is 17.2 Å². The summed E-state index contributed by atoms with van der Waals surface area (Å²) in [5.41, 5.74) is 7.32. The number of pyridine rings is 1. The van der Waals surface area contributed by atoms with Crippen molar-refractivity contribution >= 4 is 44.7 Å². The second kappa shape index (κ2) is 5.25. The highest BCUT2D eigenvalue weighted by Crippen LogP contribution is 2.29. The van der Waals surface area contributed by atoms with Crippen LogP contribution in [0.1, 0.15) is 5.56 Å². The van der Waals surface area contributed by atoms with E-state index in [0.29, 0.717) is 22.1 Å². The Balaban J connectivity index is 2.35. The van der Waals surface area contributed by atoms with Gasteiger partial charge in [-0.25, -0.2) is 4.98 Å². The fourth-order valence-electron chi connectivity index (χ4n) is 1.38. The SMILES string of the molecule is N#Cc1ccnc(Nc2ccc(Cl)c(Br)c2)c1N. The number of nitrogens with one attached hydrogen (secondary N) is 1. The lowest BCUT2D eigenvalue weighted by atomic mass is 10.2. The van der Waals surface area contributed by atoms with E-state index in [-0.39, 0.29) is 0 Å². The Bertz CT molecular complexity index is 636. The molecule has 0 aliphatic rings. The van der Waals surface area contributed by atoms with Crippen LogP contribution in [0.15, 0.2) is 34.9 Å². The molecule has 0 amide bonds. The van der Waals surface area contributed by atoms with E-state index in [9.17, 15) is 0 Å². The van der Waals surface area contributed by atoms with Gasteiger partial charge in [0.05, 0.1) is 16.3 Å². The summed E-state index contributed by atoms with van der Waals surface area (Å²) in [5, 5.41) is 12.5. The predicted molar refractivity (Wildman–Crippen MR) is 75.8 cm³/mol. The first-order valence-electron chi connectivity index (χ1n) is 4.98. The number of hydrogen-bond donors (Lipinski definition) is 2. The summed E-state index contributed by atoms with van der Waals surface area (Å²) < 4.78 is 0.768. The molecule has 0 atom stereocenters. The second-order valence-corrected chi connectivity index (χ2v) is 4.75. The molecule has 1 heterocycles. The van der Waals surface area contributed by atoms with Crippen LogP contribution in [0.3, 0.4) is 0 Å². The summed E-state index contributed by atoms with van der Waals surface area (Å²) in [4.78, 5) is 4.10. The van der Waals surface area contributed by atoms with Gasteiger partial charge in [-0.15, -0.1) is 0 Å². The van der Waals surface area contributed by atoms with Crippen LogP contribution >= 0.6 is 27.5 Å². The van der Waals surface area contributed by atoms with Gasteiger partial charge in [0.1, 0.15) is 6.07 Å². The van der Waals surface area contributed by atoms with Gasteiger partial charge in [-0.1, -0.05) is 11.6 Å². The maximum atomic E-state index is 8.88. The summed E-state index contributed by atoms with van der Waals surface area (Å²) in [7, 11) is 0.